The van der Waals surface area contributed by atoms with E-state index in [-0.39, 0.29) is 0 Å². The van der Waals surface area contributed by atoms with Gasteiger partial charge in [-0.05, 0) is 38.3 Å². The lowest BCUT2D eigenvalue weighted by atomic mass is 9.86. The van der Waals surface area contributed by atoms with Gasteiger partial charge in [0.25, 0.3) is 0 Å². The Morgan fingerprint density at radius 3 is 2.91 bits per heavy atom. The zero-order valence-corrected chi connectivity index (χ0v) is 7.47. The molecule has 0 aliphatic heterocycles. The van der Waals surface area contributed by atoms with Crippen molar-refractivity contribution in [3.63, 3.8) is 0 Å². The average Bonchev–Trinajstić information content (AvgIpc) is 2.06. The Morgan fingerprint density at radius 1 is 1.45 bits per heavy atom. The fourth-order valence-electron chi connectivity index (χ4n) is 1.98. The fourth-order valence-corrected chi connectivity index (χ4v) is 1.98. The first-order chi connectivity index (χ1) is 5.36. The summed E-state index contributed by atoms with van der Waals surface area (Å²) >= 11 is 0. The van der Waals surface area contributed by atoms with Gasteiger partial charge in [0.05, 0.1) is 0 Å². The van der Waals surface area contributed by atoms with Gasteiger partial charge in [-0.2, -0.15) is 0 Å². The van der Waals surface area contributed by atoms with Crippen LogP contribution in [-0.4, -0.2) is 19.1 Å². The van der Waals surface area contributed by atoms with Crippen LogP contribution in [0.4, 0.5) is 0 Å². The monoisotopic (exact) mass is 156 g/mol. The molecule has 1 fully saturated rings. The summed E-state index contributed by atoms with van der Waals surface area (Å²) in [6, 6.07) is 0.752. The summed E-state index contributed by atoms with van der Waals surface area (Å²) in [6.07, 6.45) is 5.35. The van der Waals surface area contributed by atoms with Crippen LogP contribution in [0.2, 0.25) is 0 Å². The number of hydrogen-bond donors (Lipinski definition) is 2. The summed E-state index contributed by atoms with van der Waals surface area (Å²) in [4.78, 5) is 0. The lowest BCUT2D eigenvalue weighted by molar-refractivity contribution is 0.294. The molecule has 1 aliphatic carbocycles. The zero-order chi connectivity index (χ0) is 8.10. The van der Waals surface area contributed by atoms with Gasteiger partial charge in [0.2, 0.25) is 0 Å². The normalized spacial score (nSPS) is 32.2. The van der Waals surface area contributed by atoms with Gasteiger partial charge in [0.15, 0.2) is 0 Å². The minimum Gasteiger partial charge on any atom is -0.330 e. The van der Waals surface area contributed by atoms with Crippen LogP contribution in [0.1, 0.15) is 32.6 Å². The summed E-state index contributed by atoms with van der Waals surface area (Å²) < 4.78 is 0. The first kappa shape index (κ1) is 9.01. The summed E-state index contributed by atoms with van der Waals surface area (Å²) in [6.45, 7) is 4.15. The van der Waals surface area contributed by atoms with E-state index in [0.29, 0.717) is 0 Å². The van der Waals surface area contributed by atoms with Crippen LogP contribution in [0, 0.1) is 5.92 Å². The fraction of sp³-hybridized carbons (Fsp3) is 1.00. The lowest BCUT2D eigenvalue weighted by Gasteiger charge is -2.28. The highest BCUT2D eigenvalue weighted by Gasteiger charge is 2.19. The standard InChI is InChI=1S/C9H20N2/c1-2-11-9-5-3-4-8(6-9)7-10/h8-9,11H,2-7,10H2,1H3. The molecular weight excluding hydrogens is 136 g/mol. The molecule has 3 N–H and O–H groups in total. The van der Waals surface area contributed by atoms with E-state index in [9.17, 15) is 0 Å². The molecule has 0 amide bonds. The second-order valence-corrected chi connectivity index (χ2v) is 3.52. The van der Waals surface area contributed by atoms with Crippen LogP contribution >= 0.6 is 0 Å². The summed E-state index contributed by atoms with van der Waals surface area (Å²) in [7, 11) is 0. The van der Waals surface area contributed by atoms with Gasteiger partial charge in [0, 0.05) is 6.04 Å². The van der Waals surface area contributed by atoms with Crippen LogP contribution in [0.3, 0.4) is 0 Å². The average molecular weight is 156 g/mol. The quantitative estimate of drug-likeness (QED) is 0.642. The SMILES string of the molecule is CCNC1CCCC(CN)C1. The van der Waals surface area contributed by atoms with Crippen molar-refractivity contribution in [2.75, 3.05) is 13.1 Å². The highest BCUT2D eigenvalue weighted by atomic mass is 14.9. The molecule has 0 radical (unpaired) electrons. The third kappa shape index (κ3) is 2.80. The van der Waals surface area contributed by atoms with E-state index in [1.165, 1.54) is 25.7 Å². The van der Waals surface area contributed by atoms with Crippen molar-refractivity contribution in [3.05, 3.63) is 0 Å². The molecule has 1 aliphatic rings. The van der Waals surface area contributed by atoms with Crippen molar-refractivity contribution in [1.29, 1.82) is 0 Å². The maximum absolute atomic E-state index is 5.63. The molecule has 0 heterocycles. The predicted octanol–water partition coefficient (Wildman–Crippen LogP) is 1.11. The molecule has 0 aromatic rings. The molecule has 0 aromatic heterocycles. The van der Waals surface area contributed by atoms with E-state index in [0.717, 1.165) is 25.0 Å². The van der Waals surface area contributed by atoms with Gasteiger partial charge in [0.1, 0.15) is 0 Å². The summed E-state index contributed by atoms with van der Waals surface area (Å²) in [5.41, 5.74) is 5.63. The molecule has 0 saturated heterocycles. The van der Waals surface area contributed by atoms with Gasteiger partial charge in [-0.3, -0.25) is 0 Å². The van der Waals surface area contributed by atoms with Gasteiger partial charge >= 0.3 is 0 Å². The molecule has 2 unspecified atom stereocenters. The van der Waals surface area contributed by atoms with Crippen molar-refractivity contribution < 1.29 is 0 Å². The first-order valence-corrected chi connectivity index (χ1v) is 4.80. The second kappa shape index (κ2) is 4.73. The molecule has 1 rings (SSSR count). The Morgan fingerprint density at radius 2 is 2.27 bits per heavy atom. The zero-order valence-electron chi connectivity index (χ0n) is 7.47. The van der Waals surface area contributed by atoms with Crippen LogP contribution in [-0.2, 0) is 0 Å². The van der Waals surface area contributed by atoms with E-state index >= 15 is 0 Å². The molecule has 11 heavy (non-hydrogen) atoms. The second-order valence-electron chi connectivity index (χ2n) is 3.52. The Labute approximate surface area is 69.5 Å². The number of nitrogens with two attached hydrogens (primary N) is 1. The van der Waals surface area contributed by atoms with Crippen molar-refractivity contribution in [3.8, 4) is 0 Å². The van der Waals surface area contributed by atoms with E-state index in [4.69, 9.17) is 5.73 Å². The smallest absolute Gasteiger partial charge is 0.00700 e. The molecule has 0 aromatic carbocycles. The van der Waals surface area contributed by atoms with Crippen molar-refractivity contribution in [1.82, 2.24) is 5.32 Å². The number of hydrogen-bond acceptors (Lipinski definition) is 2. The molecule has 0 spiro atoms. The molecule has 2 nitrogen and oxygen atoms in total. The maximum Gasteiger partial charge on any atom is 0.00700 e. The number of nitrogens with one attached hydrogen (secondary N) is 1. The molecule has 2 atom stereocenters. The third-order valence-corrected chi connectivity index (χ3v) is 2.61. The molecule has 66 valence electrons. The Balaban J connectivity index is 2.21. The van der Waals surface area contributed by atoms with Crippen LogP contribution in [0.25, 0.3) is 0 Å². The van der Waals surface area contributed by atoms with Gasteiger partial charge < -0.3 is 11.1 Å². The minimum atomic E-state index is 0.752. The van der Waals surface area contributed by atoms with E-state index < -0.39 is 0 Å². The summed E-state index contributed by atoms with van der Waals surface area (Å²) in [5, 5.41) is 3.49. The Bertz CT molecular complexity index is 102. The highest BCUT2D eigenvalue weighted by Crippen LogP contribution is 2.22. The maximum atomic E-state index is 5.63. The van der Waals surface area contributed by atoms with Crippen molar-refractivity contribution in [2.45, 2.75) is 38.6 Å². The largest absolute Gasteiger partial charge is 0.330 e. The number of rotatable bonds is 3. The van der Waals surface area contributed by atoms with Crippen LogP contribution < -0.4 is 11.1 Å². The van der Waals surface area contributed by atoms with Gasteiger partial charge in [-0.15, -0.1) is 0 Å². The minimum absolute atomic E-state index is 0.752. The molecule has 1 saturated carbocycles. The van der Waals surface area contributed by atoms with E-state index in [1.807, 2.05) is 0 Å². The van der Waals surface area contributed by atoms with Crippen molar-refractivity contribution >= 4 is 0 Å². The predicted molar refractivity (Wildman–Crippen MR) is 48.5 cm³/mol. The third-order valence-electron chi connectivity index (χ3n) is 2.61. The topological polar surface area (TPSA) is 38.0 Å². The van der Waals surface area contributed by atoms with Crippen LogP contribution in [0.15, 0.2) is 0 Å². The first-order valence-electron chi connectivity index (χ1n) is 4.80. The van der Waals surface area contributed by atoms with Crippen LogP contribution in [0.5, 0.6) is 0 Å². The molecule has 0 bridgehead atoms. The van der Waals surface area contributed by atoms with Crippen molar-refractivity contribution in [2.24, 2.45) is 11.7 Å². The Hall–Kier alpha value is -0.0800. The van der Waals surface area contributed by atoms with Gasteiger partial charge in [-0.25, -0.2) is 0 Å². The van der Waals surface area contributed by atoms with E-state index in [2.05, 4.69) is 12.2 Å². The van der Waals surface area contributed by atoms with Gasteiger partial charge in [-0.1, -0.05) is 13.3 Å². The lowest BCUT2D eigenvalue weighted by Crippen LogP contribution is -2.35. The Kier molecular flexibility index (Phi) is 3.87. The molecular formula is C9H20N2. The summed E-state index contributed by atoms with van der Waals surface area (Å²) in [5.74, 6) is 0.785. The molecule has 2 heteroatoms. The highest BCUT2D eigenvalue weighted by molar-refractivity contribution is 4.77. The van der Waals surface area contributed by atoms with E-state index in [1.54, 1.807) is 0 Å².